The van der Waals surface area contributed by atoms with Crippen molar-refractivity contribution >= 4 is 11.8 Å². The molecular weight excluding hydrogens is 300 g/mol. The zero-order chi connectivity index (χ0) is 16.4. The third kappa shape index (κ3) is 2.88. The van der Waals surface area contributed by atoms with Crippen molar-refractivity contribution in [2.45, 2.75) is 13.0 Å². The molecule has 0 bridgehead atoms. The first kappa shape index (κ1) is 14.5. The highest BCUT2D eigenvalue weighted by Crippen LogP contribution is 2.19. The molecule has 4 rings (SSSR count). The van der Waals surface area contributed by atoms with Gasteiger partial charge in [0.1, 0.15) is 0 Å². The van der Waals surface area contributed by atoms with Gasteiger partial charge in [0.25, 0.3) is 0 Å². The van der Waals surface area contributed by atoms with Crippen LogP contribution >= 0.6 is 0 Å². The number of carbonyl (C=O) groups is 1. The van der Waals surface area contributed by atoms with Gasteiger partial charge in [0, 0.05) is 25.4 Å². The van der Waals surface area contributed by atoms with E-state index in [1.54, 1.807) is 4.68 Å². The van der Waals surface area contributed by atoms with Crippen LogP contribution in [0, 0.1) is 0 Å². The summed E-state index contributed by atoms with van der Waals surface area (Å²) in [6, 6.07) is 19.8. The van der Waals surface area contributed by atoms with Crippen LogP contribution in [0.15, 0.2) is 66.9 Å². The first-order chi connectivity index (χ1) is 11.8. The number of nitrogens with one attached hydrogen (secondary N) is 1. The summed E-state index contributed by atoms with van der Waals surface area (Å²) >= 11 is 0. The van der Waals surface area contributed by atoms with Crippen LogP contribution in [0.1, 0.15) is 11.1 Å². The number of rotatable bonds is 2. The van der Waals surface area contributed by atoms with E-state index in [0.717, 1.165) is 18.7 Å². The fraction of sp³-hybridized carbons (Fsp3) is 0.158. The smallest absolute Gasteiger partial charge is 0.320 e. The molecule has 1 aliphatic rings. The average molecular weight is 318 g/mol. The molecule has 0 unspecified atom stereocenters. The number of amides is 2. The summed E-state index contributed by atoms with van der Waals surface area (Å²) < 4.78 is 1.75. The van der Waals surface area contributed by atoms with Crippen molar-refractivity contribution in [3.8, 4) is 5.69 Å². The number of fused-ring (bicyclic) bond motifs is 1. The van der Waals surface area contributed by atoms with E-state index in [1.165, 1.54) is 11.1 Å². The highest BCUT2D eigenvalue weighted by Gasteiger charge is 2.20. The fourth-order valence-electron chi connectivity index (χ4n) is 2.97. The number of anilines is 1. The van der Waals surface area contributed by atoms with Crippen molar-refractivity contribution in [2.24, 2.45) is 0 Å². The maximum absolute atomic E-state index is 12.5. The topological polar surface area (TPSA) is 50.2 Å². The molecule has 1 aliphatic heterocycles. The molecule has 1 N–H and O–H groups in total. The molecule has 5 heteroatoms. The predicted molar refractivity (Wildman–Crippen MR) is 93.1 cm³/mol. The van der Waals surface area contributed by atoms with Crippen LogP contribution in [0.4, 0.5) is 10.6 Å². The molecule has 0 fully saturated rings. The molecule has 2 amide bonds. The lowest BCUT2D eigenvalue weighted by Crippen LogP contribution is -2.38. The standard InChI is InChI=1S/C19H18N4O/c24-19(22-12-10-15-6-4-5-7-16(15)14-22)20-18-11-13-23(21-18)17-8-2-1-3-9-17/h1-9,11,13H,10,12,14H2,(H,20,21,24). The Bertz CT molecular complexity index is 857. The fourth-order valence-corrected chi connectivity index (χ4v) is 2.97. The first-order valence-electron chi connectivity index (χ1n) is 8.03. The van der Waals surface area contributed by atoms with E-state index >= 15 is 0 Å². The number of benzene rings is 2. The zero-order valence-electron chi connectivity index (χ0n) is 13.2. The third-order valence-electron chi connectivity index (χ3n) is 4.26. The van der Waals surface area contributed by atoms with Crippen molar-refractivity contribution < 1.29 is 4.79 Å². The summed E-state index contributed by atoms with van der Waals surface area (Å²) in [6.07, 6.45) is 2.73. The van der Waals surface area contributed by atoms with Gasteiger partial charge in [-0.1, -0.05) is 42.5 Å². The molecule has 5 nitrogen and oxygen atoms in total. The minimum absolute atomic E-state index is 0.109. The normalized spacial score (nSPS) is 13.4. The van der Waals surface area contributed by atoms with Gasteiger partial charge in [-0.2, -0.15) is 0 Å². The highest BCUT2D eigenvalue weighted by molar-refractivity contribution is 5.88. The summed E-state index contributed by atoms with van der Waals surface area (Å²) in [6.45, 7) is 1.36. The number of para-hydroxylation sites is 1. The summed E-state index contributed by atoms with van der Waals surface area (Å²) in [7, 11) is 0. The molecule has 2 aromatic carbocycles. The maximum atomic E-state index is 12.5. The molecule has 0 aliphatic carbocycles. The van der Waals surface area contributed by atoms with Crippen LogP contribution in [0.2, 0.25) is 0 Å². The third-order valence-corrected chi connectivity index (χ3v) is 4.26. The Labute approximate surface area is 140 Å². The molecule has 0 atom stereocenters. The lowest BCUT2D eigenvalue weighted by molar-refractivity contribution is 0.206. The molecule has 2 heterocycles. The van der Waals surface area contributed by atoms with E-state index < -0.39 is 0 Å². The van der Waals surface area contributed by atoms with Gasteiger partial charge in [0.05, 0.1) is 5.69 Å². The van der Waals surface area contributed by atoms with E-state index in [4.69, 9.17) is 0 Å². The monoisotopic (exact) mass is 318 g/mol. The Morgan fingerprint density at radius 2 is 1.71 bits per heavy atom. The van der Waals surface area contributed by atoms with Crippen LogP contribution in [0.5, 0.6) is 0 Å². The van der Waals surface area contributed by atoms with Crippen molar-refractivity contribution in [3.63, 3.8) is 0 Å². The maximum Gasteiger partial charge on any atom is 0.323 e. The quantitative estimate of drug-likeness (QED) is 0.786. The average Bonchev–Trinajstić information content (AvgIpc) is 3.10. The van der Waals surface area contributed by atoms with Crippen LogP contribution in [-0.4, -0.2) is 27.3 Å². The van der Waals surface area contributed by atoms with Crippen molar-refractivity contribution in [2.75, 3.05) is 11.9 Å². The second kappa shape index (κ2) is 6.20. The van der Waals surface area contributed by atoms with E-state index in [0.29, 0.717) is 12.4 Å². The molecule has 0 saturated carbocycles. The molecule has 24 heavy (non-hydrogen) atoms. The van der Waals surface area contributed by atoms with Crippen LogP contribution in [-0.2, 0) is 13.0 Å². The van der Waals surface area contributed by atoms with Gasteiger partial charge in [-0.25, -0.2) is 9.48 Å². The number of nitrogens with zero attached hydrogens (tertiary/aromatic N) is 3. The largest absolute Gasteiger partial charge is 0.323 e. The number of hydrogen-bond acceptors (Lipinski definition) is 2. The number of urea groups is 1. The molecular formula is C19H18N4O. The SMILES string of the molecule is O=C(Nc1ccn(-c2ccccc2)n1)N1CCc2ccccc2C1. The van der Waals surface area contributed by atoms with Gasteiger partial charge in [0.2, 0.25) is 0 Å². The number of aromatic nitrogens is 2. The predicted octanol–water partition coefficient (Wildman–Crippen LogP) is 3.46. The Balaban J connectivity index is 1.45. The van der Waals surface area contributed by atoms with Gasteiger partial charge in [0.15, 0.2) is 5.82 Å². The molecule has 120 valence electrons. The second-order valence-corrected chi connectivity index (χ2v) is 5.85. The molecule has 0 saturated heterocycles. The number of carbonyl (C=O) groups excluding carboxylic acids is 1. The Kier molecular flexibility index (Phi) is 3.75. The van der Waals surface area contributed by atoms with E-state index in [2.05, 4.69) is 22.5 Å². The zero-order valence-corrected chi connectivity index (χ0v) is 13.2. The van der Waals surface area contributed by atoms with Gasteiger partial charge >= 0.3 is 6.03 Å². The van der Waals surface area contributed by atoms with Crippen LogP contribution in [0.25, 0.3) is 5.69 Å². The highest BCUT2D eigenvalue weighted by atomic mass is 16.2. The molecule has 3 aromatic rings. The van der Waals surface area contributed by atoms with Crippen molar-refractivity contribution in [1.29, 1.82) is 0 Å². The molecule has 1 aromatic heterocycles. The minimum Gasteiger partial charge on any atom is -0.320 e. The summed E-state index contributed by atoms with van der Waals surface area (Å²) in [5.74, 6) is 0.558. The van der Waals surface area contributed by atoms with Gasteiger partial charge in [-0.3, -0.25) is 5.32 Å². The van der Waals surface area contributed by atoms with Crippen LogP contribution in [0.3, 0.4) is 0 Å². The Morgan fingerprint density at radius 1 is 0.958 bits per heavy atom. The van der Waals surface area contributed by atoms with E-state index in [9.17, 15) is 4.79 Å². The summed E-state index contributed by atoms with van der Waals surface area (Å²) in [5.41, 5.74) is 3.51. The first-order valence-corrected chi connectivity index (χ1v) is 8.03. The summed E-state index contributed by atoms with van der Waals surface area (Å²) in [4.78, 5) is 14.3. The Hall–Kier alpha value is -3.08. The van der Waals surface area contributed by atoms with Crippen molar-refractivity contribution in [1.82, 2.24) is 14.7 Å². The lowest BCUT2D eigenvalue weighted by Gasteiger charge is -2.28. The van der Waals surface area contributed by atoms with Crippen molar-refractivity contribution in [3.05, 3.63) is 78.0 Å². The van der Waals surface area contributed by atoms with Crippen LogP contribution < -0.4 is 5.32 Å². The van der Waals surface area contributed by atoms with Gasteiger partial charge in [-0.15, -0.1) is 5.10 Å². The van der Waals surface area contributed by atoms with Gasteiger partial charge in [-0.05, 0) is 29.7 Å². The van der Waals surface area contributed by atoms with E-state index in [1.807, 2.05) is 59.6 Å². The number of hydrogen-bond donors (Lipinski definition) is 1. The van der Waals surface area contributed by atoms with Gasteiger partial charge < -0.3 is 4.90 Å². The molecule has 0 spiro atoms. The Morgan fingerprint density at radius 3 is 2.54 bits per heavy atom. The summed E-state index contributed by atoms with van der Waals surface area (Å²) in [5, 5.41) is 7.31. The molecule has 0 radical (unpaired) electrons. The lowest BCUT2D eigenvalue weighted by atomic mass is 10.0. The second-order valence-electron chi connectivity index (χ2n) is 5.85. The van der Waals surface area contributed by atoms with E-state index in [-0.39, 0.29) is 6.03 Å². The minimum atomic E-state index is -0.109.